The molecule has 5 rings (SSSR count). The molecule has 154 valence electrons. The highest BCUT2D eigenvalue weighted by atomic mass is 16.5. The number of nitrogens with one attached hydrogen (secondary N) is 1. The van der Waals surface area contributed by atoms with Gasteiger partial charge in [0.05, 0.1) is 12.5 Å². The Hall–Kier alpha value is -3.15. The Labute approximate surface area is 174 Å². The molecule has 1 heterocycles. The van der Waals surface area contributed by atoms with Gasteiger partial charge in [-0.15, -0.1) is 9.89 Å². The Kier molecular flexibility index (Phi) is 4.77. The number of rotatable bonds is 5. The van der Waals surface area contributed by atoms with Crippen LogP contribution in [0.1, 0.15) is 32.1 Å². The van der Waals surface area contributed by atoms with Crippen LogP contribution in [-0.4, -0.2) is 22.9 Å². The van der Waals surface area contributed by atoms with Crippen molar-refractivity contribution >= 4 is 16.7 Å². The predicted octanol–water partition coefficient (Wildman–Crippen LogP) is 3.97. The predicted molar refractivity (Wildman–Crippen MR) is 116 cm³/mol. The first-order valence-corrected chi connectivity index (χ1v) is 10.6. The van der Waals surface area contributed by atoms with Crippen molar-refractivity contribution in [2.75, 3.05) is 12.5 Å². The van der Waals surface area contributed by atoms with E-state index in [1.54, 1.807) is 13.2 Å². The molecule has 1 aromatic heterocycles. The maximum atomic E-state index is 13.0. The number of aromatic nitrogens is 2. The number of benzene rings is 2. The van der Waals surface area contributed by atoms with Gasteiger partial charge in [0.1, 0.15) is 11.4 Å². The van der Waals surface area contributed by atoms with E-state index in [1.807, 2.05) is 42.5 Å². The number of fused-ring (bicyclic) bond motifs is 3. The number of carbonyl (C=O) groups is 1. The third-order valence-electron chi connectivity index (χ3n) is 6.73. The molecule has 2 bridgehead atoms. The number of ether oxygens (including phenoxy) is 1. The molecule has 1 N–H and O–H groups in total. The summed E-state index contributed by atoms with van der Waals surface area (Å²) < 4.78 is 5.24. The molecule has 3 atom stereocenters. The van der Waals surface area contributed by atoms with Gasteiger partial charge in [0.25, 0.3) is 5.56 Å². The number of methoxy groups -OCH3 is 1. The molecule has 0 radical (unpaired) electrons. The molecule has 6 nitrogen and oxygen atoms in total. The van der Waals surface area contributed by atoms with Gasteiger partial charge < -0.3 is 4.74 Å². The van der Waals surface area contributed by atoms with Gasteiger partial charge in [-0.2, -0.15) is 0 Å². The summed E-state index contributed by atoms with van der Waals surface area (Å²) in [6.07, 6.45) is 5.39. The molecule has 2 fully saturated rings. The summed E-state index contributed by atoms with van der Waals surface area (Å²) in [5.74, 6) is 2.49. The van der Waals surface area contributed by atoms with Crippen LogP contribution in [0, 0.1) is 17.8 Å². The normalized spacial score (nSPS) is 22.4. The summed E-state index contributed by atoms with van der Waals surface area (Å²) in [7, 11) is 1.62. The van der Waals surface area contributed by atoms with Crippen LogP contribution in [0.25, 0.3) is 22.0 Å². The van der Waals surface area contributed by atoms with Gasteiger partial charge in [-0.05, 0) is 67.3 Å². The van der Waals surface area contributed by atoms with E-state index in [0.717, 1.165) is 33.8 Å². The lowest BCUT2D eigenvalue weighted by Crippen LogP contribution is -2.36. The van der Waals surface area contributed by atoms with Crippen LogP contribution in [0.3, 0.4) is 0 Å². The molecule has 1 amide bonds. The monoisotopic (exact) mass is 403 g/mol. The molecular weight excluding hydrogens is 378 g/mol. The van der Waals surface area contributed by atoms with Gasteiger partial charge >= 0.3 is 0 Å². The fourth-order valence-electron chi connectivity index (χ4n) is 5.26. The van der Waals surface area contributed by atoms with Crippen molar-refractivity contribution in [3.05, 3.63) is 58.9 Å². The van der Waals surface area contributed by atoms with E-state index in [4.69, 9.17) is 4.74 Å². The molecule has 6 heteroatoms. The SMILES string of the molecule is COc1ccc(-c2nn(NC(=O)CC3CC4CCC3C4)c(=O)c3ccccc23)cc1. The first kappa shape index (κ1) is 18.9. The zero-order valence-corrected chi connectivity index (χ0v) is 17.0. The van der Waals surface area contributed by atoms with Gasteiger partial charge in [-0.1, -0.05) is 24.6 Å². The third kappa shape index (κ3) is 3.36. The van der Waals surface area contributed by atoms with Crippen molar-refractivity contribution in [1.82, 2.24) is 9.89 Å². The smallest absolute Gasteiger partial charge is 0.294 e. The fourth-order valence-corrected chi connectivity index (χ4v) is 5.26. The average Bonchev–Trinajstić information content (AvgIpc) is 3.39. The Balaban J connectivity index is 1.48. The summed E-state index contributed by atoms with van der Waals surface area (Å²) in [5.41, 5.74) is 3.93. The summed E-state index contributed by atoms with van der Waals surface area (Å²) in [4.78, 5) is 26.8. The first-order valence-electron chi connectivity index (χ1n) is 10.6. The highest BCUT2D eigenvalue weighted by Crippen LogP contribution is 2.49. The minimum atomic E-state index is -0.316. The molecular formula is C24H25N3O3. The quantitative estimate of drug-likeness (QED) is 0.700. The molecule has 3 unspecified atom stereocenters. The van der Waals surface area contributed by atoms with E-state index >= 15 is 0 Å². The van der Waals surface area contributed by atoms with Crippen molar-refractivity contribution in [1.29, 1.82) is 0 Å². The van der Waals surface area contributed by atoms with Crippen molar-refractivity contribution in [2.24, 2.45) is 17.8 Å². The third-order valence-corrected chi connectivity index (χ3v) is 6.73. The highest BCUT2D eigenvalue weighted by molar-refractivity contribution is 5.94. The second-order valence-electron chi connectivity index (χ2n) is 8.51. The van der Waals surface area contributed by atoms with E-state index < -0.39 is 0 Å². The van der Waals surface area contributed by atoms with E-state index in [2.05, 4.69) is 10.5 Å². The van der Waals surface area contributed by atoms with Crippen molar-refractivity contribution in [3.63, 3.8) is 0 Å². The Morgan fingerprint density at radius 3 is 2.53 bits per heavy atom. The largest absolute Gasteiger partial charge is 0.497 e. The van der Waals surface area contributed by atoms with Gasteiger partial charge in [0.15, 0.2) is 0 Å². The number of nitrogens with zero attached hydrogens (tertiary/aromatic N) is 2. The molecule has 2 aromatic carbocycles. The Bertz CT molecular complexity index is 1150. The van der Waals surface area contributed by atoms with Gasteiger partial charge in [0.2, 0.25) is 5.91 Å². The van der Waals surface area contributed by atoms with Gasteiger partial charge in [0, 0.05) is 17.4 Å². The van der Waals surface area contributed by atoms with E-state index in [1.165, 1.54) is 19.3 Å². The number of hydrogen-bond acceptors (Lipinski definition) is 4. The molecule has 2 saturated carbocycles. The second kappa shape index (κ2) is 7.59. The number of carbonyl (C=O) groups excluding carboxylic acids is 1. The van der Waals surface area contributed by atoms with Crippen molar-refractivity contribution in [2.45, 2.75) is 32.1 Å². The lowest BCUT2D eigenvalue weighted by molar-refractivity contribution is -0.118. The molecule has 2 aliphatic carbocycles. The molecule has 0 aliphatic heterocycles. The zero-order valence-electron chi connectivity index (χ0n) is 17.0. The maximum Gasteiger partial charge on any atom is 0.294 e. The summed E-state index contributed by atoms with van der Waals surface area (Å²) >= 11 is 0. The Morgan fingerprint density at radius 1 is 1.10 bits per heavy atom. The summed E-state index contributed by atoms with van der Waals surface area (Å²) in [5, 5.41) is 5.80. The number of hydrogen-bond donors (Lipinski definition) is 1. The van der Waals surface area contributed by atoms with Crippen molar-refractivity contribution in [3.8, 4) is 17.0 Å². The Morgan fingerprint density at radius 2 is 1.87 bits per heavy atom. The van der Waals surface area contributed by atoms with Crippen molar-refractivity contribution < 1.29 is 9.53 Å². The van der Waals surface area contributed by atoms with E-state index in [-0.39, 0.29) is 11.5 Å². The molecule has 0 saturated heterocycles. The van der Waals surface area contributed by atoms with E-state index in [0.29, 0.717) is 29.3 Å². The standard InChI is InChI=1S/C24H25N3O3/c1-30-19-10-8-16(9-11-19)23-20-4-2-3-5-21(20)24(29)27(26-23)25-22(28)14-18-13-15-6-7-17(18)12-15/h2-5,8-11,15,17-18H,6-7,12-14H2,1H3,(H,25,28). The van der Waals surface area contributed by atoms with E-state index in [9.17, 15) is 9.59 Å². The van der Waals surface area contributed by atoms with Gasteiger partial charge in [-0.25, -0.2) is 5.43 Å². The van der Waals surface area contributed by atoms with Crippen LogP contribution in [0.5, 0.6) is 5.75 Å². The number of amides is 1. The average molecular weight is 403 g/mol. The lowest BCUT2D eigenvalue weighted by atomic mass is 9.86. The van der Waals surface area contributed by atoms with Crippen LogP contribution in [0.2, 0.25) is 0 Å². The van der Waals surface area contributed by atoms with Crippen LogP contribution in [-0.2, 0) is 4.79 Å². The zero-order chi connectivity index (χ0) is 20.7. The summed E-state index contributed by atoms with van der Waals surface area (Å²) in [6, 6.07) is 14.9. The summed E-state index contributed by atoms with van der Waals surface area (Å²) in [6.45, 7) is 0. The molecule has 30 heavy (non-hydrogen) atoms. The minimum absolute atomic E-state index is 0.141. The maximum absolute atomic E-state index is 13.0. The fraction of sp³-hybridized carbons (Fsp3) is 0.375. The minimum Gasteiger partial charge on any atom is -0.497 e. The lowest BCUT2D eigenvalue weighted by Gasteiger charge is -2.21. The second-order valence-corrected chi connectivity index (χ2v) is 8.51. The van der Waals surface area contributed by atoms with Gasteiger partial charge in [-0.3, -0.25) is 9.59 Å². The first-order chi connectivity index (χ1) is 14.6. The molecule has 3 aromatic rings. The van der Waals surface area contributed by atoms with Crippen LogP contribution < -0.4 is 15.7 Å². The van der Waals surface area contributed by atoms with Crippen LogP contribution >= 0.6 is 0 Å². The molecule has 2 aliphatic rings. The van der Waals surface area contributed by atoms with Crippen LogP contribution in [0.4, 0.5) is 0 Å². The highest BCUT2D eigenvalue weighted by Gasteiger charge is 2.40. The molecule has 0 spiro atoms. The van der Waals surface area contributed by atoms with Crippen LogP contribution in [0.15, 0.2) is 53.3 Å². The topological polar surface area (TPSA) is 73.2 Å².